The third-order valence-electron chi connectivity index (χ3n) is 2.37. The van der Waals surface area contributed by atoms with Crippen molar-refractivity contribution in [3.8, 4) is 11.1 Å². The van der Waals surface area contributed by atoms with Gasteiger partial charge in [0.1, 0.15) is 5.82 Å². The van der Waals surface area contributed by atoms with Gasteiger partial charge in [-0.25, -0.2) is 15.7 Å². The molecule has 1 aromatic heterocycles. The minimum absolute atomic E-state index is 0.419. The van der Waals surface area contributed by atoms with E-state index in [9.17, 15) is 0 Å². The number of nitrogens with zero attached hydrogens (tertiary/aromatic N) is 2. The van der Waals surface area contributed by atoms with Gasteiger partial charge in [-0.3, -0.25) is 0 Å². The highest BCUT2D eigenvalue weighted by Gasteiger charge is 2.10. The van der Waals surface area contributed by atoms with Gasteiger partial charge in [-0.05, 0) is 23.8 Å². The summed E-state index contributed by atoms with van der Waals surface area (Å²) in [6, 6.07) is 6.66. The SMILES string of the molecule is [C-]#[N+]c1cc(NN)ncc1-c1ccc(Cl)cc1Cl. The zero-order chi connectivity index (χ0) is 13.1. The van der Waals surface area contributed by atoms with Crippen molar-refractivity contribution in [3.05, 3.63) is 51.9 Å². The summed E-state index contributed by atoms with van der Waals surface area (Å²) in [6.45, 7) is 7.18. The number of nitrogens with two attached hydrogens (primary N) is 1. The number of nitrogens with one attached hydrogen (secondary N) is 1. The molecule has 3 N–H and O–H groups in total. The highest BCUT2D eigenvalue weighted by atomic mass is 35.5. The third kappa shape index (κ3) is 2.39. The average molecular weight is 279 g/mol. The van der Waals surface area contributed by atoms with E-state index in [1.807, 2.05) is 0 Å². The molecule has 6 heteroatoms. The number of aromatic nitrogens is 1. The molecule has 0 saturated carbocycles. The van der Waals surface area contributed by atoms with E-state index in [4.69, 9.17) is 35.6 Å². The topological polar surface area (TPSA) is 55.3 Å². The standard InChI is InChI=1S/C12H8Cl2N4/c1-16-11-5-12(18-15)17-6-9(11)8-3-2-7(13)4-10(8)14/h2-6H,15H2,(H,17,18). The number of rotatable bonds is 2. The van der Waals surface area contributed by atoms with Crippen LogP contribution in [0, 0.1) is 6.57 Å². The molecule has 0 bridgehead atoms. The van der Waals surface area contributed by atoms with Gasteiger partial charge in [0, 0.05) is 21.8 Å². The summed E-state index contributed by atoms with van der Waals surface area (Å²) in [5.74, 6) is 5.68. The van der Waals surface area contributed by atoms with Crippen molar-refractivity contribution in [3.63, 3.8) is 0 Å². The Bertz CT molecular complexity index is 634. The predicted octanol–water partition coefficient (Wildman–Crippen LogP) is 3.89. The van der Waals surface area contributed by atoms with Crippen LogP contribution < -0.4 is 11.3 Å². The predicted molar refractivity (Wildman–Crippen MR) is 73.8 cm³/mol. The summed E-state index contributed by atoms with van der Waals surface area (Å²) in [5.41, 5.74) is 4.17. The number of halogens is 2. The number of anilines is 1. The van der Waals surface area contributed by atoms with Crippen molar-refractivity contribution < 1.29 is 0 Å². The molecule has 2 rings (SSSR count). The molecule has 18 heavy (non-hydrogen) atoms. The average Bonchev–Trinajstić information content (AvgIpc) is 2.38. The molecule has 0 radical (unpaired) electrons. The normalized spacial score (nSPS) is 9.89. The zero-order valence-electron chi connectivity index (χ0n) is 9.11. The van der Waals surface area contributed by atoms with E-state index >= 15 is 0 Å². The highest BCUT2D eigenvalue weighted by molar-refractivity contribution is 6.36. The summed E-state index contributed by atoms with van der Waals surface area (Å²) in [5, 5.41) is 1.02. The maximum Gasteiger partial charge on any atom is 0.200 e. The number of benzene rings is 1. The quantitative estimate of drug-likeness (QED) is 0.498. The van der Waals surface area contributed by atoms with E-state index in [-0.39, 0.29) is 0 Å². The van der Waals surface area contributed by atoms with Gasteiger partial charge in [-0.2, -0.15) is 0 Å². The fourth-order valence-electron chi connectivity index (χ4n) is 1.53. The summed E-state index contributed by atoms with van der Waals surface area (Å²) < 4.78 is 0. The molecule has 0 aliphatic rings. The summed E-state index contributed by atoms with van der Waals surface area (Å²) >= 11 is 11.9. The lowest BCUT2D eigenvalue weighted by atomic mass is 10.1. The second-order valence-electron chi connectivity index (χ2n) is 3.47. The Labute approximate surface area is 114 Å². The van der Waals surface area contributed by atoms with E-state index in [1.165, 1.54) is 0 Å². The molecular weight excluding hydrogens is 271 g/mol. The molecule has 1 heterocycles. The molecule has 4 nitrogen and oxygen atoms in total. The summed E-state index contributed by atoms with van der Waals surface area (Å²) in [7, 11) is 0. The monoisotopic (exact) mass is 278 g/mol. The van der Waals surface area contributed by atoms with Crippen molar-refractivity contribution in [2.45, 2.75) is 0 Å². The van der Waals surface area contributed by atoms with Crippen molar-refractivity contribution in [1.29, 1.82) is 0 Å². The van der Waals surface area contributed by atoms with E-state index < -0.39 is 0 Å². The number of pyridine rings is 1. The molecule has 0 aliphatic carbocycles. The van der Waals surface area contributed by atoms with Crippen LogP contribution in [0.3, 0.4) is 0 Å². The molecule has 0 spiro atoms. The maximum atomic E-state index is 7.18. The number of nitrogen functional groups attached to an aromatic ring is 1. The van der Waals surface area contributed by atoms with Crippen molar-refractivity contribution in [2.75, 3.05) is 5.43 Å². The molecule has 0 unspecified atom stereocenters. The molecule has 2 aromatic rings. The van der Waals surface area contributed by atoms with E-state index in [0.29, 0.717) is 32.7 Å². The fraction of sp³-hybridized carbons (Fsp3) is 0. The lowest BCUT2D eigenvalue weighted by Crippen LogP contribution is -2.08. The number of hydrogen-bond acceptors (Lipinski definition) is 3. The van der Waals surface area contributed by atoms with Gasteiger partial charge in [0.05, 0.1) is 6.57 Å². The first kappa shape index (κ1) is 12.7. The van der Waals surface area contributed by atoms with Crippen LogP contribution in [-0.2, 0) is 0 Å². The Kier molecular flexibility index (Phi) is 3.68. The van der Waals surface area contributed by atoms with Gasteiger partial charge in [0.15, 0.2) is 5.69 Å². The fourth-order valence-corrected chi connectivity index (χ4v) is 2.04. The van der Waals surface area contributed by atoms with Crippen LogP contribution in [0.4, 0.5) is 11.5 Å². The van der Waals surface area contributed by atoms with Crippen LogP contribution >= 0.6 is 23.2 Å². The zero-order valence-corrected chi connectivity index (χ0v) is 10.6. The van der Waals surface area contributed by atoms with Crippen molar-refractivity contribution >= 4 is 34.7 Å². The van der Waals surface area contributed by atoms with Gasteiger partial charge < -0.3 is 5.43 Å². The molecule has 0 aliphatic heterocycles. The smallest absolute Gasteiger partial charge is 0.200 e. The minimum atomic E-state index is 0.419. The van der Waals surface area contributed by atoms with Gasteiger partial charge in [0.25, 0.3) is 0 Å². The van der Waals surface area contributed by atoms with Gasteiger partial charge >= 0.3 is 0 Å². The first-order valence-corrected chi connectivity index (χ1v) is 5.71. The molecule has 0 amide bonds. The minimum Gasteiger partial charge on any atom is -0.310 e. The number of hydrogen-bond donors (Lipinski definition) is 2. The Morgan fingerprint density at radius 3 is 2.61 bits per heavy atom. The third-order valence-corrected chi connectivity index (χ3v) is 2.92. The Morgan fingerprint density at radius 2 is 2.00 bits per heavy atom. The van der Waals surface area contributed by atoms with E-state index in [2.05, 4.69) is 15.3 Å². The lowest BCUT2D eigenvalue weighted by Gasteiger charge is -2.08. The molecule has 0 atom stereocenters. The van der Waals surface area contributed by atoms with Gasteiger partial charge in [0.2, 0.25) is 0 Å². The molecule has 90 valence electrons. The van der Waals surface area contributed by atoms with Crippen LogP contribution in [0.2, 0.25) is 10.0 Å². The second kappa shape index (κ2) is 5.23. The van der Waals surface area contributed by atoms with Crippen LogP contribution in [0.25, 0.3) is 16.0 Å². The molecule has 0 saturated heterocycles. The Hall–Kier alpha value is -1.80. The maximum absolute atomic E-state index is 7.18. The van der Waals surface area contributed by atoms with Crippen LogP contribution in [-0.4, -0.2) is 4.98 Å². The van der Waals surface area contributed by atoms with E-state index in [1.54, 1.807) is 30.5 Å². The summed E-state index contributed by atoms with van der Waals surface area (Å²) in [4.78, 5) is 7.52. The van der Waals surface area contributed by atoms with E-state index in [0.717, 1.165) is 0 Å². The molecule has 0 fully saturated rings. The molecular formula is C12H8Cl2N4. The first-order chi connectivity index (χ1) is 8.65. The Morgan fingerprint density at radius 1 is 1.22 bits per heavy atom. The second-order valence-corrected chi connectivity index (χ2v) is 4.31. The largest absolute Gasteiger partial charge is 0.310 e. The lowest BCUT2D eigenvalue weighted by molar-refractivity contribution is 1.23. The number of hydrazine groups is 1. The van der Waals surface area contributed by atoms with Crippen molar-refractivity contribution in [1.82, 2.24) is 4.98 Å². The van der Waals surface area contributed by atoms with Gasteiger partial charge in [-0.15, -0.1) is 0 Å². The Balaban J connectivity index is 2.60. The molecule has 1 aromatic carbocycles. The van der Waals surface area contributed by atoms with Gasteiger partial charge in [-0.1, -0.05) is 29.3 Å². The summed E-state index contributed by atoms with van der Waals surface area (Å²) in [6.07, 6.45) is 1.55. The first-order valence-electron chi connectivity index (χ1n) is 4.95. The van der Waals surface area contributed by atoms with Crippen LogP contribution in [0.1, 0.15) is 0 Å². The highest BCUT2D eigenvalue weighted by Crippen LogP contribution is 2.36. The van der Waals surface area contributed by atoms with Crippen LogP contribution in [0.5, 0.6) is 0 Å². The van der Waals surface area contributed by atoms with Crippen LogP contribution in [0.15, 0.2) is 30.5 Å². The van der Waals surface area contributed by atoms with Crippen molar-refractivity contribution in [2.24, 2.45) is 5.84 Å².